The van der Waals surface area contributed by atoms with E-state index in [1.54, 1.807) is 0 Å². The summed E-state index contributed by atoms with van der Waals surface area (Å²) in [5, 5.41) is 0. The Morgan fingerprint density at radius 1 is 0.929 bits per heavy atom. The van der Waals surface area contributed by atoms with Gasteiger partial charge in [0.25, 0.3) is 0 Å². The van der Waals surface area contributed by atoms with Crippen molar-refractivity contribution in [3.8, 4) is 0 Å². The van der Waals surface area contributed by atoms with Gasteiger partial charge in [-0.3, -0.25) is 0 Å². The summed E-state index contributed by atoms with van der Waals surface area (Å²) in [5.74, 6) is 1.03. The summed E-state index contributed by atoms with van der Waals surface area (Å²) in [6.07, 6.45) is 10.4. The second-order valence-corrected chi connectivity index (χ2v) is 5.77. The number of nitrogens with zero attached hydrogens (tertiary/aromatic N) is 1. The minimum atomic E-state index is 0.929. The molecule has 0 aromatic rings. The van der Waals surface area contributed by atoms with E-state index in [-0.39, 0.29) is 0 Å². The Balaban J connectivity index is 1.95. The van der Waals surface area contributed by atoms with Crippen molar-refractivity contribution < 1.29 is 4.48 Å². The van der Waals surface area contributed by atoms with E-state index in [9.17, 15) is 0 Å². The van der Waals surface area contributed by atoms with E-state index in [2.05, 4.69) is 14.0 Å². The maximum atomic E-state index is 2.52. The molecule has 0 radical (unpaired) electrons. The van der Waals surface area contributed by atoms with Crippen molar-refractivity contribution >= 4 is 0 Å². The average Bonchev–Trinajstić information content (AvgIpc) is 2.67. The molecule has 1 nitrogen and oxygen atoms in total. The van der Waals surface area contributed by atoms with Crippen LogP contribution in [0.1, 0.15) is 51.9 Å². The highest BCUT2D eigenvalue weighted by molar-refractivity contribution is 4.73. The van der Waals surface area contributed by atoms with E-state index in [1.165, 1.54) is 62.5 Å². The van der Waals surface area contributed by atoms with Crippen LogP contribution in [-0.2, 0) is 0 Å². The fourth-order valence-corrected chi connectivity index (χ4v) is 3.59. The van der Waals surface area contributed by atoms with Gasteiger partial charge in [-0.05, 0) is 19.8 Å². The van der Waals surface area contributed by atoms with Crippen molar-refractivity contribution in [3.05, 3.63) is 0 Å². The summed E-state index contributed by atoms with van der Waals surface area (Å²) < 4.78 is 1.38. The van der Waals surface area contributed by atoms with Gasteiger partial charge in [0.05, 0.1) is 26.2 Å². The van der Waals surface area contributed by atoms with Crippen LogP contribution in [0.2, 0.25) is 0 Å². The van der Waals surface area contributed by atoms with E-state index in [0.717, 1.165) is 12.0 Å². The van der Waals surface area contributed by atoms with Crippen molar-refractivity contribution in [3.63, 3.8) is 0 Å². The molecule has 2 rings (SSSR count). The molecule has 1 heteroatoms. The molecule has 2 fully saturated rings. The second-order valence-electron chi connectivity index (χ2n) is 5.77. The molecule has 0 bridgehead atoms. The van der Waals surface area contributed by atoms with Crippen LogP contribution in [0, 0.1) is 5.92 Å². The molecule has 0 aromatic carbocycles. The Morgan fingerprint density at radius 2 is 1.50 bits per heavy atom. The van der Waals surface area contributed by atoms with Gasteiger partial charge in [-0.1, -0.05) is 19.3 Å². The zero-order valence-corrected chi connectivity index (χ0v) is 9.97. The van der Waals surface area contributed by atoms with Gasteiger partial charge in [0.2, 0.25) is 0 Å². The maximum absolute atomic E-state index is 2.52. The predicted molar refractivity (Wildman–Crippen MR) is 61.2 cm³/mol. The van der Waals surface area contributed by atoms with E-state index in [0.29, 0.717) is 0 Å². The lowest BCUT2D eigenvalue weighted by Gasteiger charge is -2.41. The number of hydrogen-bond acceptors (Lipinski definition) is 0. The summed E-state index contributed by atoms with van der Waals surface area (Å²) in [6, 6.07) is 0.929. The Labute approximate surface area is 89.1 Å². The number of rotatable bonds is 2. The molecule has 1 aliphatic heterocycles. The third kappa shape index (κ3) is 1.98. The number of hydrogen-bond donors (Lipinski definition) is 0. The molecule has 1 unspecified atom stereocenters. The van der Waals surface area contributed by atoms with Crippen LogP contribution in [0.5, 0.6) is 0 Å². The van der Waals surface area contributed by atoms with Gasteiger partial charge in [-0.2, -0.15) is 0 Å². The van der Waals surface area contributed by atoms with Crippen LogP contribution in [0.15, 0.2) is 0 Å². The van der Waals surface area contributed by atoms with Crippen LogP contribution < -0.4 is 0 Å². The topological polar surface area (TPSA) is 0 Å². The van der Waals surface area contributed by atoms with Crippen molar-refractivity contribution in [1.82, 2.24) is 0 Å². The van der Waals surface area contributed by atoms with E-state index >= 15 is 0 Å². The lowest BCUT2D eigenvalue weighted by atomic mass is 9.83. The first-order chi connectivity index (χ1) is 6.72. The van der Waals surface area contributed by atoms with Crippen molar-refractivity contribution in [2.24, 2.45) is 5.92 Å². The third-order valence-corrected chi connectivity index (χ3v) is 4.90. The molecule has 1 atom stereocenters. The summed E-state index contributed by atoms with van der Waals surface area (Å²) in [5.41, 5.74) is 0. The van der Waals surface area contributed by atoms with Crippen LogP contribution >= 0.6 is 0 Å². The van der Waals surface area contributed by atoms with Crippen LogP contribution in [-0.4, -0.2) is 30.7 Å². The zero-order chi connectivity index (χ0) is 10.0. The molecule has 82 valence electrons. The first-order valence-corrected chi connectivity index (χ1v) is 6.57. The standard InChI is InChI=1S/C13H26N/c1-12(13-8-4-3-5-9-13)14(2)10-6-7-11-14/h12-13H,3-11H2,1-2H3/q+1. The minimum Gasteiger partial charge on any atom is -0.324 e. The quantitative estimate of drug-likeness (QED) is 0.595. The monoisotopic (exact) mass is 196 g/mol. The van der Waals surface area contributed by atoms with Gasteiger partial charge in [-0.25, -0.2) is 0 Å². The lowest BCUT2D eigenvalue weighted by Crippen LogP contribution is -2.52. The van der Waals surface area contributed by atoms with Crippen molar-refractivity contribution in [2.75, 3.05) is 20.1 Å². The molecule has 1 saturated heterocycles. The smallest absolute Gasteiger partial charge is 0.0888 e. The SMILES string of the molecule is CC(C1CCCCC1)[N+]1(C)CCCC1. The van der Waals surface area contributed by atoms with Crippen molar-refractivity contribution in [2.45, 2.75) is 57.9 Å². The summed E-state index contributed by atoms with van der Waals surface area (Å²) in [6.45, 7) is 5.40. The molecule has 0 aromatic heterocycles. The zero-order valence-electron chi connectivity index (χ0n) is 9.97. The Morgan fingerprint density at radius 3 is 2.07 bits per heavy atom. The minimum absolute atomic E-state index is 0.929. The molecular weight excluding hydrogens is 170 g/mol. The van der Waals surface area contributed by atoms with Gasteiger partial charge in [0, 0.05) is 18.8 Å². The Hall–Kier alpha value is -0.0400. The normalized spacial score (nSPS) is 30.4. The largest absolute Gasteiger partial charge is 0.324 e. The van der Waals surface area contributed by atoms with Gasteiger partial charge in [0.1, 0.15) is 0 Å². The maximum Gasteiger partial charge on any atom is 0.0888 e. The number of likely N-dealkylation sites (tertiary alicyclic amines) is 1. The summed E-state index contributed by atoms with van der Waals surface area (Å²) in [7, 11) is 2.49. The predicted octanol–water partition coefficient (Wildman–Crippen LogP) is 3.20. The van der Waals surface area contributed by atoms with E-state index in [4.69, 9.17) is 0 Å². The summed E-state index contributed by atoms with van der Waals surface area (Å²) in [4.78, 5) is 0. The van der Waals surface area contributed by atoms with Gasteiger partial charge >= 0.3 is 0 Å². The second kappa shape index (κ2) is 4.22. The molecule has 0 N–H and O–H groups in total. The molecule has 1 aliphatic carbocycles. The van der Waals surface area contributed by atoms with E-state index in [1.807, 2.05) is 0 Å². The van der Waals surface area contributed by atoms with Crippen LogP contribution in [0.4, 0.5) is 0 Å². The highest BCUT2D eigenvalue weighted by Crippen LogP contribution is 2.33. The van der Waals surface area contributed by atoms with Crippen molar-refractivity contribution in [1.29, 1.82) is 0 Å². The highest BCUT2D eigenvalue weighted by Gasteiger charge is 2.37. The third-order valence-electron chi connectivity index (χ3n) is 4.90. The van der Waals surface area contributed by atoms with E-state index < -0.39 is 0 Å². The molecule has 1 saturated carbocycles. The highest BCUT2D eigenvalue weighted by atomic mass is 15.4. The van der Waals surface area contributed by atoms with Crippen LogP contribution in [0.25, 0.3) is 0 Å². The Kier molecular flexibility index (Phi) is 3.16. The number of quaternary nitrogens is 1. The summed E-state index contributed by atoms with van der Waals surface area (Å²) >= 11 is 0. The molecule has 0 spiro atoms. The van der Waals surface area contributed by atoms with Gasteiger partial charge in [-0.15, -0.1) is 0 Å². The first kappa shape index (κ1) is 10.5. The molecule has 0 amide bonds. The van der Waals surface area contributed by atoms with Gasteiger partial charge in [0.15, 0.2) is 0 Å². The first-order valence-electron chi connectivity index (χ1n) is 6.57. The lowest BCUT2D eigenvalue weighted by molar-refractivity contribution is -0.924. The fourth-order valence-electron chi connectivity index (χ4n) is 3.59. The fraction of sp³-hybridized carbons (Fsp3) is 1.00. The van der Waals surface area contributed by atoms with Crippen LogP contribution in [0.3, 0.4) is 0 Å². The molecule has 1 heterocycles. The molecule has 14 heavy (non-hydrogen) atoms. The Bertz CT molecular complexity index is 176. The van der Waals surface area contributed by atoms with Gasteiger partial charge < -0.3 is 4.48 Å². The molecular formula is C13H26N+. The molecule has 2 aliphatic rings. The average molecular weight is 196 g/mol.